The van der Waals surface area contributed by atoms with Crippen molar-refractivity contribution in [2.75, 3.05) is 0 Å². The molecule has 2 N–H and O–H groups in total. The topological polar surface area (TPSA) is 69.6 Å². The van der Waals surface area contributed by atoms with Crippen LogP contribution in [0.5, 0.6) is 0 Å². The van der Waals surface area contributed by atoms with Crippen LogP contribution < -0.4 is 5.32 Å². The van der Waals surface area contributed by atoms with Gasteiger partial charge in [-0.2, -0.15) is 5.10 Å². The Balaban J connectivity index is 1.71. The molecular weight excluding hydrogens is 344 g/mol. The van der Waals surface area contributed by atoms with E-state index in [4.69, 9.17) is 0 Å². The van der Waals surface area contributed by atoms with Crippen LogP contribution in [0.3, 0.4) is 0 Å². The number of H-pyrrole nitrogens is 1. The van der Waals surface area contributed by atoms with E-state index < -0.39 is 0 Å². The highest BCUT2D eigenvalue weighted by atomic mass is 32.2. The minimum absolute atomic E-state index is 0.00326. The number of thioether (sulfide) groups is 1. The van der Waals surface area contributed by atoms with Crippen molar-refractivity contribution < 1.29 is 4.79 Å². The van der Waals surface area contributed by atoms with Crippen LogP contribution in [-0.4, -0.2) is 27.5 Å². The van der Waals surface area contributed by atoms with Crippen LogP contribution in [0.25, 0.3) is 22.2 Å². The summed E-state index contributed by atoms with van der Waals surface area (Å²) in [7, 11) is 0. The van der Waals surface area contributed by atoms with Crippen LogP contribution in [0.1, 0.15) is 18.9 Å². The largest absolute Gasteiger partial charge is 0.354 e. The number of carbonyl (C=O) groups is 1. The Kier molecular flexibility index (Phi) is 4.58. The standard InChI is InChI=1S/C20H18N4OS/c1-2-17-19(25)23-20(26-17)24-21-12-15-14-10-6-7-11-16(14)22-18(15)13-8-4-3-5-9-13/h3-12,17,22H,2H2,1H3,(H,23,24,25)/b21-12+. The fraction of sp³-hybridized carbons (Fsp3) is 0.150. The van der Waals surface area contributed by atoms with Gasteiger partial charge in [-0.05, 0) is 18.1 Å². The summed E-state index contributed by atoms with van der Waals surface area (Å²) in [6, 6.07) is 18.3. The molecule has 1 atom stereocenters. The zero-order valence-corrected chi connectivity index (χ0v) is 15.1. The number of hydrogen-bond acceptors (Lipinski definition) is 4. The summed E-state index contributed by atoms with van der Waals surface area (Å²) in [4.78, 5) is 15.2. The van der Waals surface area contributed by atoms with Crippen LogP contribution in [0, 0.1) is 0 Å². The van der Waals surface area contributed by atoms with Crippen molar-refractivity contribution in [1.82, 2.24) is 10.3 Å². The molecule has 1 aliphatic rings. The second-order valence-electron chi connectivity index (χ2n) is 5.98. The summed E-state index contributed by atoms with van der Waals surface area (Å²) in [5.41, 5.74) is 4.13. The van der Waals surface area contributed by atoms with E-state index >= 15 is 0 Å². The van der Waals surface area contributed by atoms with Gasteiger partial charge in [-0.25, -0.2) is 0 Å². The average molecular weight is 362 g/mol. The second kappa shape index (κ2) is 7.17. The second-order valence-corrected chi connectivity index (χ2v) is 7.17. The quantitative estimate of drug-likeness (QED) is 0.540. The molecule has 2 aromatic carbocycles. The van der Waals surface area contributed by atoms with Crippen LogP contribution in [0.15, 0.2) is 64.8 Å². The first-order valence-electron chi connectivity index (χ1n) is 8.51. The number of aromatic amines is 1. The number of rotatable bonds is 4. The van der Waals surface area contributed by atoms with Gasteiger partial charge in [-0.1, -0.05) is 67.2 Å². The molecule has 1 saturated heterocycles. The molecule has 0 spiro atoms. The molecule has 3 aromatic rings. The highest BCUT2D eigenvalue weighted by molar-refractivity contribution is 8.15. The molecule has 6 heteroatoms. The Labute approximate surface area is 155 Å². The fourth-order valence-electron chi connectivity index (χ4n) is 2.99. The molecule has 2 heterocycles. The lowest BCUT2D eigenvalue weighted by molar-refractivity contribution is -0.118. The minimum atomic E-state index is -0.0723. The molecule has 1 amide bonds. The predicted octanol–water partition coefficient (Wildman–Crippen LogP) is 4.17. The van der Waals surface area contributed by atoms with Crippen LogP contribution in [0.4, 0.5) is 0 Å². The van der Waals surface area contributed by atoms with Gasteiger partial charge >= 0.3 is 0 Å². The number of para-hydroxylation sites is 1. The molecule has 0 aliphatic carbocycles. The normalized spacial score (nSPS) is 18.9. The zero-order chi connectivity index (χ0) is 17.9. The molecule has 1 aromatic heterocycles. The van der Waals surface area contributed by atoms with E-state index in [1.165, 1.54) is 11.8 Å². The summed E-state index contributed by atoms with van der Waals surface area (Å²) in [6.45, 7) is 1.99. The van der Waals surface area contributed by atoms with Crippen LogP contribution >= 0.6 is 11.8 Å². The number of aromatic nitrogens is 1. The molecule has 0 radical (unpaired) electrons. The SMILES string of the molecule is CCC1S/C(=N\N=C\c2c(-c3ccccc3)[nH]c3ccccc23)NC1=O. The Morgan fingerprint density at radius 1 is 1.12 bits per heavy atom. The first-order valence-corrected chi connectivity index (χ1v) is 9.39. The highest BCUT2D eigenvalue weighted by Gasteiger charge is 2.28. The lowest BCUT2D eigenvalue weighted by Gasteiger charge is -2.00. The Morgan fingerprint density at radius 2 is 1.88 bits per heavy atom. The van der Waals surface area contributed by atoms with Gasteiger partial charge in [0, 0.05) is 16.5 Å². The van der Waals surface area contributed by atoms with E-state index in [0.717, 1.165) is 34.1 Å². The summed E-state index contributed by atoms with van der Waals surface area (Å²) in [6.07, 6.45) is 2.53. The smallest absolute Gasteiger partial charge is 0.239 e. The first kappa shape index (κ1) is 16.6. The lowest BCUT2D eigenvalue weighted by atomic mass is 10.1. The van der Waals surface area contributed by atoms with Crippen molar-refractivity contribution in [2.24, 2.45) is 10.2 Å². The van der Waals surface area contributed by atoms with Crippen molar-refractivity contribution in [2.45, 2.75) is 18.6 Å². The molecule has 1 aliphatic heterocycles. The average Bonchev–Trinajstić information content (AvgIpc) is 3.23. The zero-order valence-electron chi connectivity index (χ0n) is 14.3. The predicted molar refractivity (Wildman–Crippen MR) is 109 cm³/mol. The van der Waals surface area contributed by atoms with Gasteiger partial charge < -0.3 is 10.3 Å². The summed E-state index contributed by atoms with van der Waals surface area (Å²) in [5.74, 6) is 0.00326. The Morgan fingerprint density at radius 3 is 2.65 bits per heavy atom. The van der Waals surface area contributed by atoms with Gasteiger partial charge in [0.1, 0.15) is 0 Å². The van der Waals surface area contributed by atoms with E-state index in [-0.39, 0.29) is 11.2 Å². The van der Waals surface area contributed by atoms with Crippen LogP contribution in [-0.2, 0) is 4.79 Å². The number of amides is 1. The number of benzene rings is 2. The molecule has 4 rings (SSSR count). The molecule has 0 bridgehead atoms. The summed E-state index contributed by atoms with van der Waals surface area (Å²) in [5, 5.41) is 12.8. The molecule has 130 valence electrons. The minimum Gasteiger partial charge on any atom is -0.354 e. The Bertz CT molecular complexity index is 1010. The molecular formula is C20H18N4OS. The van der Waals surface area contributed by atoms with Gasteiger partial charge in [-0.15, -0.1) is 5.10 Å². The molecule has 1 fully saturated rings. The lowest BCUT2D eigenvalue weighted by Crippen LogP contribution is -2.24. The van der Waals surface area contributed by atoms with E-state index in [0.29, 0.717) is 5.17 Å². The number of hydrogen-bond donors (Lipinski definition) is 2. The monoisotopic (exact) mass is 362 g/mol. The van der Waals surface area contributed by atoms with Crippen molar-refractivity contribution in [3.05, 3.63) is 60.2 Å². The maximum Gasteiger partial charge on any atom is 0.239 e. The molecule has 5 nitrogen and oxygen atoms in total. The van der Waals surface area contributed by atoms with Gasteiger partial charge in [0.15, 0.2) is 5.17 Å². The van der Waals surface area contributed by atoms with Gasteiger partial charge in [0.25, 0.3) is 0 Å². The van der Waals surface area contributed by atoms with Crippen molar-refractivity contribution >= 4 is 40.0 Å². The van der Waals surface area contributed by atoms with Gasteiger partial charge in [0.05, 0.1) is 17.2 Å². The molecule has 1 unspecified atom stereocenters. The van der Waals surface area contributed by atoms with E-state index in [2.05, 4.69) is 38.7 Å². The summed E-state index contributed by atoms with van der Waals surface area (Å²) >= 11 is 1.43. The van der Waals surface area contributed by atoms with Gasteiger partial charge in [-0.3, -0.25) is 4.79 Å². The van der Waals surface area contributed by atoms with E-state index in [1.54, 1.807) is 6.21 Å². The van der Waals surface area contributed by atoms with Crippen LogP contribution in [0.2, 0.25) is 0 Å². The van der Waals surface area contributed by atoms with Crippen molar-refractivity contribution in [1.29, 1.82) is 0 Å². The van der Waals surface area contributed by atoms with Crippen molar-refractivity contribution in [3.63, 3.8) is 0 Å². The third-order valence-electron chi connectivity index (χ3n) is 4.29. The van der Waals surface area contributed by atoms with Crippen molar-refractivity contribution in [3.8, 4) is 11.3 Å². The first-order chi connectivity index (χ1) is 12.8. The van der Waals surface area contributed by atoms with E-state index in [9.17, 15) is 4.79 Å². The van der Waals surface area contributed by atoms with Gasteiger partial charge in [0.2, 0.25) is 5.91 Å². The number of amidine groups is 1. The summed E-state index contributed by atoms with van der Waals surface area (Å²) < 4.78 is 0. The molecule has 26 heavy (non-hydrogen) atoms. The molecule has 0 saturated carbocycles. The fourth-order valence-corrected chi connectivity index (χ4v) is 3.85. The van der Waals surface area contributed by atoms with E-state index in [1.807, 2.05) is 43.3 Å². The third kappa shape index (κ3) is 3.15. The Hall–Kier alpha value is -2.86. The number of carbonyl (C=O) groups excluding carboxylic acids is 1. The highest BCUT2D eigenvalue weighted by Crippen LogP contribution is 2.29. The number of nitrogens with zero attached hydrogens (tertiary/aromatic N) is 2. The maximum absolute atomic E-state index is 11.8. The number of fused-ring (bicyclic) bond motifs is 1. The maximum atomic E-state index is 11.8. The number of nitrogens with one attached hydrogen (secondary N) is 2. The third-order valence-corrected chi connectivity index (χ3v) is 5.53.